The summed E-state index contributed by atoms with van der Waals surface area (Å²) in [7, 11) is 0. The molecule has 0 aliphatic rings. The van der Waals surface area contributed by atoms with E-state index in [2.05, 4.69) is 0 Å². The van der Waals surface area contributed by atoms with E-state index in [-0.39, 0.29) is 0 Å². The van der Waals surface area contributed by atoms with Gasteiger partial charge in [-0.1, -0.05) is 31.2 Å². The standard InChI is InChI=1S/C10H10O2/c1-2-8-3-5-9(6-4-8)10(12)7-11/h3-7H,2H2,1H3. The first-order valence-corrected chi connectivity index (χ1v) is 3.86. The second kappa shape index (κ2) is 3.81. The SMILES string of the molecule is CCc1ccc(C(=O)C=O)cc1. The van der Waals surface area contributed by atoms with Gasteiger partial charge in [-0.3, -0.25) is 9.59 Å². The van der Waals surface area contributed by atoms with E-state index < -0.39 is 5.78 Å². The van der Waals surface area contributed by atoms with Crippen molar-refractivity contribution in [1.82, 2.24) is 0 Å². The number of rotatable bonds is 3. The Bertz CT molecular complexity index is 285. The number of benzene rings is 1. The van der Waals surface area contributed by atoms with Gasteiger partial charge in [0.15, 0.2) is 6.29 Å². The van der Waals surface area contributed by atoms with Crippen LogP contribution in [0.5, 0.6) is 0 Å². The number of carbonyl (C=O) groups excluding carboxylic acids is 2. The van der Waals surface area contributed by atoms with Crippen molar-refractivity contribution in [2.75, 3.05) is 0 Å². The fraction of sp³-hybridized carbons (Fsp3) is 0.200. The highest BCUT2D eigenvalue weighted by atomic mass is 16.2. The lowest BCUT2D eigenvalue weighted by Crippen LogP contribution is -1.99. The molecule has 0 bridgehead atoms. The van der Waals surface area contributed by atoms with Gasteiger partial charge >= 0.3 is 0 Å². The molecule has 0 heterocycles. The second-order valence-electron chi connectivity index (χ2n) is 2.53. The van der Waals surface area contributed by atoms with Crippen molar-refractivity contribution in [3.8, 4) is 0 Å². The van der Waals surface area contributed by atoms with Crippen LogP contribution in [0.1, 0.15) is 22.8 Å². The molecule has 62 valence electrons. The van der Waals surface area contributed by atoms with Crippen molar-refractivity contribution in [2.24, 2.45) is 0 Å². The van der Waals surface area contributed by atoms with Gasteiger partial charge in [0, 0.05) is 5.56 Å². The maximum Gasteiger partial charge on any atom is 0.225 e. The van der Waals surface area contributed by atoms with Crippen LogP contribution in [0.4, 0.5) is 0 Å². The summed E-state index contributed by atoms with van der Waals surface area (Å²) < 4.78 is 0. The van der Waals surface area contributed by atoms with E-state index in [0.717, 1.165) is 12.0 Å². The Labute approximate surface area is 71.2 Å². The van der Waals surface area contributed by atoms with Gasteiger partial charge in [0.05, 0.1) is 0 Å². The molecule has 0 N–H and O–H groups in total. The van der Waals surface area contributed by atoms with Gasteiger partial charge in [0.1, 0.15) is 0 Å². The summed E-state index contributed by atoms with van der Waals surface area (Å²) in [6, 6.07) is 7.07. The number of carbonyl (C=O) groups is 2. The molecule has 2 heteroatoms. The molecule has 0 radical (unpaired) electrons. The molecule has 1 rings (SSSR count). The van der Waals surface area contributed by atoms with Crippen LogP contribution < -0.4 is 0 Å². The van der Waals surface area contributed by atoms with Crippen LogP contribution in [0.25, 0.3) is 0 Å². The Morgan fingerprint density at radius 1 is 1.33 bits per heavy atom. The quantitative estimate of drug-likeness (QED) is 0.384. The van der Waals surface area contributed by atoms with Crippen LogP contribution in [0.2, 0.25) is 0 Å². The summed E-state index contributed by atoms with van der Waals surface area (Å²) in [5, 5.41) is 0. The maximum absolute atomic E-state index is 10.8. The van der Waals surface area contributed by atoms with Crippen molar-refractivity contribution in [3.63, 3.8) is 0 Å². The number of aldehydes is 1. The molecular weight excluding hydrogens is 152 g/mol. The molecule has 1 aromatic carbocycles. The summed E-state index contributed by atoms with van der Waals surface area (Å²) in [5.41, 5.74) is 1.62. The highest BCUT2D eigenvalue weighted by Crippen LogP contribution is 2.04. The van der Waals surface area contributed by atoms with Crippen molar-refractivity contribution in [1.29, 1.82) is 0 Å². The molecule has 12 heavy (non-hydrogen) atoms. The largest absolute Gasteiger partial charge is 0.294 e. The summed E-state index contributed by atoms with van der Waals surface area (Å²) in [4.78, 5) is 21.0. The molecule has 0 atom stereocenters. The van der Waals surface area contributed by atoms with Crippen LogP contribution in [-0.2, 0) is 11.2 Å². The van der Waals surface area contributed by atoms with E-state index in [4.69, 9.17) is 0 Å². The normalized spacial score (nSPS) is 9.42. The smallest absolute Gasteiger partial charge is 0.225 e. The summed E-state index contributed by atoms with van der Waals surface area (Å²) in [6.45, 7) is 2.04. The Hall–Kier alpha value is -1.44. The van der Waals surface area contributed by atoms with Gasteiger partial charge in [-0.15, -0.1) is 0 Å². The molecule has 2 nitrogen and oxygen atoms in total. The average molecular weight is 162 g/mol. The molecule has 1 aromatic rings. The topological polar surface area (TPSA) is 34.1 Å². The molecule has 0 aliphatic carbocycles. The van der Waals surface area contributed by atoms with E-state index in [1.165, 1.54) is 0 Å². The molecule has 0 aromatic heterocycles. The minimum absolute atomic E-state index is 0.334. The molecule has 0 spiro atoms. The lowest BCUT2D eigenvalue weighted by Gasteiger charge is -1.96. The van der Waals surface area contributed by atoms with E-state index in [1.54, 1.807) is 12.1 Å². The minimum Gasteiger partial charge on any atom is -0.294 e. The zero-order valence-corrected chi connectivity index (χ0v) is 6.91. The summed E-state index contributed by atoms with van der Waals surface area (Å²) >= 11 is 0. The maximum atomic E-state index is 10.8. The van der Waals surface area contributed by atoms with Gasteiger partial charge in [-0.05, 0) is 12.0 Å². The Morgan fingerprint density at radius 2 is 1.92 bits per heavy atom. The lowest BCUT2D eigenvalue weighted by atomic mass is 10.1. The number of aryl methyl sites for hydroxylation is 1. The van der Waals surface area contributed by atoms with Crippen LogP contribution in [-0.4, -0.2) is 12.1 Å². The van der Waals surface area contributed by atoms with Gasteiger partial charge in [0.2, 0.25) is 5.78 Å². The Kier molecular flexibility index (Phi) is 2.75. The summed E-state index contributed by atoms with van der Waals surface area (Å²) in [5.74, 6) is -0.461. The molecule has 0 saturated carbocycles. The Morgan fingerprint density at radius 3 is 2.33 bits per heavy atom. The highest BCUT2D eigenvalue weighted by molar-refractivity contribution is 6.33. The van der Waals surface area contributed by atoms with Crippen LogP contribution in [0.15, 0.2) is 24.3 Å². The predicted octanol–water partition coefficient (Wildman–Crippen LogP) is 1.63. The fourth-order valence-corrected chi connectivity index (χ4v) is 0.973. The average Bonchev–Trinajstić information content (AvgIpc) is 2.17. The number of hydrogen-bond acceptors (Lipinski definition) is 2. The lowest BCUT2D eigenvalue weighted by molar-refractivity contribution is -0.104. The van der Waals surface area contributed by atoms with Gasteiger partial charge in [-0.25, -0.2) is 0 Å². The second-order valence-corrected chi connectivity index (χ2v) is 2.53. The number of hydrogen-bond donors (Lipinski definition) is 0. The molecular formula is C10H10O2. The summed E-state index contributed by atoms with van der Waals surface area (Å²) in [6.07, 6.45) is 1.27. The number of Topliss-reactive ketones (excluding diaryl/α,β-unsaturated/α-hetero) is 1. The van der Waals surface area contributed by atoms with Crippen LogP contribution in [0.3, 0.4) is 0 Å². The van der Waals surface area contributed by atoms with Gasteiger partial charge < -0.3 is 0 Å². The molecule has 0 unspecified atom stereocenters. The third-order valence-electron chi connectivity index (χ3n) is 1.75. The van der Waals surface area contributed by atoms with Crippen LogP contribution in [0, 0.1) is 0 Å². The third kappa shape index (κ3) is 1.78. The first-order valence-electron chi connectivity index (χ1n) is 3.86. The van der Waals surface area contributed by atoms with Crippen molar-refractivity contribution >= 4 is 12.1 Å². The highest BCUT2D eigenvalue weighted by Gasteiger charge is 2.01. The molecule has 0 aliphatic heterocycles. The van der Waals surface area contributed by atoms with E-state index >= 15 is 0 Å². The Balaban J connectivity index is 2.91. The third-order valence-corrected chi connectivity index (χ3v) is 1.75. The van der Waals surface area contributed by atoms with Crippen LogP contribution >= 0.6 is 0 Å². The van der Waals surface area contributed by atoms with Crippen molar-refractivity contribution in [3.05, 3.63) is 35.4 Å². The van der Waals surface area contributed by atoms with Gasteiger partial charge in [0.25, 0.3) is 0 Å². The van der Waals surface area contributed by atoms with Crippen molar-refractivity contribution < 1.29 is 9.59 Å². The number of ketones is 1. The first-order chi connectivity index (χ1) is 5.77. The molecule has 0 amide bonds. The van der Waals surface area contributed by atoms with E-state index in [1.807, 2.05) is 19.1 Å². The predicted molar refractivity (Wildman–Crippen MR) is 46.2 cm³/mol. The van der Waals surface area contributed by atoms with Crippen molar-refractivity contribution in [2.45, 2.75) is 13.3 Å². The minimum atomic E-state index is -0.461. The van der Waals surface area contributed by atoms with E-state index in [9.17, 15) is 9.59 Å². The fourth-order valence-electron chi connectivity index (χ4n) is 0.973. The zero-order valence-electron chi connectivity index (χ0n) is 6.91. The van der Waals surface area contributed by atoms with E-state index in [0.29, 0.717) is 11.8 Å². The molecule has 0 saturated heterocycles. The molecule has 0 fully saturated rings. The van der Waals surface area contributed by atoms with Gasteiger partial charge in [-0.2, -0.15) is 0 Å². The zero-order chi connectivity index (χ0) is 8.97. The first kappa shape index (κ1) is 8.65. The monoisotopic (exact) mass is 162 g/mol.